The minimum atomic E-state index is -4.38. The lowest BCUT2D eigenvalue weighted by Gasteiger charge is -2.27. The molecule has 13 heteroatoms. The van der Waals surface area contributed by atoms with E-state index in [1.165, 1.54) is 25.4 Å². The van der Waals surface area contributed by atoms with E-state index in [0.29, 0.717) is 27.3 Å². The summed E-state index contributed by atoms with van der Waals surface area (Å²) in [5, 5.41) is 12.2. The van der Waals surface area contributed by atoms with Gasteiger partial charge in [0.15, 0.2) is 0 Å². The molecule has 48 heavy (non-hydrogen) atoms. The maximum atomic E-state index is 14.4. The largest absolute Gasteiger partial charge is 0.465 e. The summed E-state index contributed by atoms with van der Waals surface area (Å²) in [6.45, 7) is 1.05. The van der Waals surface area contributed by atoms with Crippen LogP contribution in [0.15, 0.2) is 102 Å². The number of hydrogen-bond donors (Lipinski definition) is 3. The molecular formula is C35H34N6O6S. The first kappa shape index (κ1) is 33.5. The van der Waals surface area contributed by atoms with Crippen LogP contribution in [0, 0.1) is 5.41 Å². The van der Waals surface area contributed by atoms with Gasteiger partial charge in [-0.15, -0.1) is 0 Å². The molecule has 5 rings (SSSR count). The van der Waals surface area contributed by atoms with E-state index >= 15 is 0 Å². The van der Waals surface area contributed by atoms with Gasteiger partial charge in [0.2, 0.25) is 5.91 Å². The number of aromatic nitrogens is 1. The van der Waals surface area contributed by atoms with Crippen LogP contribution in [-0.4, -0.2) is 68.7 Å². The molecule has 0 bridgehead atoms. The third-order valence-electron chi connectivity index (χ3n) is 7.65. The number of anilines is 1. The van der Waals surface area contributed by atoms with Gasteiger partial charge in [0.25, 0.3) is 15.9 Å². The highest BCUT2D eigenvalue weighted by Crippen LogP contribution is 2.31. The second-order valence-electron chi connectivity index (χ2n) is 10.9. The van der Waals surface area contributed by atoms with Gasteiger partial charge >= 0.3 is 5.97 Å². The van der Waals surface area contributed by atoms with E-state index in [1.807, 2.05) is 0 Å². The van der Waals surface area contributed by atoms with Gasteiger partial charge in [-0.3, -0.25) is 29.1 Å². The summed E-state index contributed by atoms with van der Waals surface area (Å²) in [5.74, 6) is -1.64. The van der Waals surface area contributed by atoms with Crippen LogP contribution in [0.3, 0.4) is 0 Å². The summed E-state index contributed by atoms with van der Waals surface area (Å²) < 4.78 is 34.7. The molecule has 0 aliphatic heterocycles. The van der Waals surface area contributed by atoms with Crippen molar-refractivity contribution in [1.29, 1.82) is 5.41 Å². The number of nitrogens with zero attached hydrogens (tertiary/aromatic N) is 3. The molecule has 0 saturated carbocycles. The fourth-order valence-corrected chi connectivity index (χ4v) is 6.73. The topological polar surface area (TPSA) is 176 Å². The molecule has 246 valence electrons. The number of benzene rings is 4. The summed E-state index contributed by atoms with van der Waals surface area (Å²) in [6, 6.07) is 25.1. The number of likely N-dealkylation sites (N-methyl/N-ethyl adjacent to an activating group) is 1. The van der Waals surface area contributed by atoms with Crippen molar-refractivity contribution in [3.63, 3.8) is 0 Å². The molecule has 0 fully saturated rings. The van der Waals surface area contributed by atoms with Gasteiger partial charge in [-0.2, -0.15) is 0 Å². The second-order valence-corrected chi connectivity index (χ2v) is 12.7. The number of nitrogen functional groups attached to an aromatic ring is 1. The minimum absolute atomic E-state index is 0.0473. The fraction of sp³-hybridized carbons (Fsp3) is 0.171. The number of ether oxygens (including phenoxy) is 1. The standard InChI is InChI=1S/C35H34N6O6S/c1-3-47-32(43)22-40(2)31(42)21-41(48(45,46)30-11-5-7-24-9-6-18-38-33(24)30)27-16-17-28-26(19-27)8-4-10-29(28)35(44)39-20-23-12-14-25(15-13-23)34(36)37/h4-19H,3,20-22H2,1-2H3,(H3,36,37)(H,39,44). The molecule has 0 saturated heterocycles. The van der Waals surface area contributed by atoms with Crippen molar-refractivity contribution in [1.82, 2.24) is 15.2 Å². The number of nitrogens with two attached hydrogens (primary N) is 1. The van der Waals surface area contributed by atoms with Gasteiger partial charge in [0.1, 0.15) is 23.8 Å². The number of amidine groups is 1. The SMILES string of the molecule is CCOC(=O)CN(C)C(=O)CN(c1ccc2c(C(=O)NCc3ccc(C(=N)N)cc3)cccc2c1)S(=O)(=O)c1cccc2cccnc12. The quantitative estimate of drug-likeness (QED) is 0.102. The molecule has 0 spiro atoms. The lowest BCUT2D eigenvalue weighted by atomic mass is 10.0. The van der Waals surface area contributed by atoms with Gasteiger partial charge < -0.3 is 20.7 Å². The molecule has 0 radical (unpaired) electrons. The number of hydrogen-bond acceptors (Lipinski definition) is 8. The average molecular weight is 667 g/mol. The molecule has 0 aliphatic carbocycles. The monoisotopic (exact) mass is 666 g/mol. The zero-order valence-electron chi connectivity index (χ0n) is 26.3. The summed E-state index contributed by atoms with van der Waals surface area (Å²) in [5.41, 5.74) is 7.71. The number of nitrogens with one attached hydrogen (secondary N) is 2. The van der Waals surface area contributed by atoms with E-state index in [9.17, 15) is 22.8 Å². The predicted octanol–water partition coefficient (Wildman–Crippen LogP) is 3.82. The summed E-state index contributed by atoms with van der Waals surface area (Å²) in [6.07, 6.45) is 1.49. The Labute approximate surface area is 277 Å². The molecule has 0 atom stereocenters. The predicted molar refractivity (Wildman–Crippen MR) is 183 cm³/mol. The van der Waals surface area contributed by atoms with Crippen LogP contribution in [0.25, 0.3) is 21.7 Å². The van der Waals surface area contributed by atoms with Crippen molar-refractivity contribution < 1.29 is 27.5 Å². The Morgan fingerprint density at radius 3 is 2.35 bits per heavy atom. The number of para-hydroxylation sites is 1. The third-order valence-corrected chi connectivity index (χ3v) is 9.46. The first-order valence-corrected chi connectivity index (χ1v) is 16.4. The van der Waals surface area contributed by atoms with Crippen LogP contribution in [-0.2, 0) is 30.9 Å². The van der Waals surface area contributed by atoms with Crippen LogP contribution in [0.5, 0.6) is 0 Å². The molecule has 4 aromatic carbocycles. The Hall–Kier alpha value is -5.82. The average Bonchev–Trinajstić information content (AvgIpc) is 3.08. The molecule has 1 aromatic heterocycles. The maximum Gasteiger partial charge on any atom is 0.325 e. The van der Waals surface area contributed by atoms with Crippen molar-refractivity contribution in [2.45, 2.75) is 18.4 Å². The Balaban J connectivity index is 1.49. The van der Waals surface area contributed by atoms with Crippen molar-refractivity contribution >= 4 is 61.0 Å². The van der Waals surface area contributed by atoms with E-state index in [4.69, 9.17) is 15.9 Å². The van der Waals surface area contributed by atoms with Crippen molar-refractivity contribution in [3.05, 3.63) is 114 Å². The highest BCUT2D eigenvalue weighted by Gasteiger charge is 2.31. The summed E-state index contributed by atoms with van der Waals surface area (Å²) in [7, 11) is -2.99. The molecule has 0 aliphatic rings. The fourth-order valence-electron chi connectivity index (χ4n) is 5.15. The number of rotatable bonds is 12. The molecule has 12 nitrogen and oxygen atoms in total. The van der Waals surface area contributed by atoms with Crippen LogP contribution in [0.1, 0.15) is 28.4 Å². The number of carbonyl (C=O) groups is 3. The van der Waals surface area contributed by atoms with Crippen LogP contribution in [0.4, 0.5) is 5.69 Å². The molecule has 1 heterocycles. The highest BCUT2D eigenvalue weighted by atomic mass is 32.2. The molecular weight excluding hydrogens is 632 g/mol. The number of sulfonamides is 1. The van der Waals surface area contributed by atoms with Crippen molar-refractivity contribution in [3.8, 4) is 0 Å². The third kappa shape index (κ3) is 7.26. The zero-order chi connectivity index (χ0) is 34.4. The van der Waals surface area contributed by atoms with Gasteiger partial charge in [-0.05, 0) is 53.6 Å². The smallest absolute Gasteiger partial charge is 0.325 e. The van der Waals surface area contributed by atoms with Gasteiger partial charge in [0.05, 0.1) is 17.8 Å². The number of fused-ring (bicyclic) bond motifs is 2. The lowest BCUT2D eigenvalue weighted by molar-refractivity contribution is -0.147. The molecule has 0 unspecified atom stereocenters. The first-order valence-electron chi connectivity index (χ1n) is 15.0. The van der Waals surface area contributed by atoms with E-state index in [1.54, 1.807) is 85.8 Å². The van der Waals surface area contributed by atoms with Crippen LogP contribution in [0.2, 0.25) is 0 Å². The Morgan fingerprint density at radius 2 is 1.62 bits per heavy atom. The van der Waals surface area contributed by atoms with Crippen LogP contribution >= 0.6 is 0 Å². The van der Waals surface area contributed by atoms with Gasteiger partial charge in [-0.1, -0.05) is 60.7 Å². The molecule has 5 aromatic rings. The van der Waals surface area contributed by atoms with E-state index in [-0.39, 0.29) is 47.5 Å². The molecule has 2 amide bonds. The first-order chi connectivity index (χ1) is 23.0. The Bertz CT molecular complexity index is 2130. The van der Waals surface area contributed by atoms with E-state index in [2.05, 4.69) is 10.3 Å². The Morgan fingerprint density at radius 1 is 0.917 bits per heavy atom. The number of pyridine rings is 1. The van der Waals surface area contributed by atoms with E-state index < -0.39 is 28.4 Å². The second kappa shape index (κ2) is 14.3. The molecule has 4 N–H and O–H groups in total. The van der Waals surface area contributed by atoms with Crippen molar-refractivity contribution in [2.24, 2.45) is 5.73 Å². The number of amides is 2. The summed E-state index contributed by atoms with van der Waals surface area (Å²) >= 11 is 0. The highest BCUT2D eigenvalue weighted by molar-refractivity contribution is 7.93. The number of esters is 1. The van der Waals surface area contributed by atoms with Crippen molar-refractivity contribution in [2.75, 3.05) is 31.0 Å². The maximum absolute atomic E-state index is 14.4. The zero-order valence-corrected chi connectivity index (χ0v) is 27.2. The Kier molecular flexibility index (Phi) is 9.99. The normalized spacial score (nSPS) is 11.2. The summed E-state index contributed by atoms with van der Waals surface area (Å²) in [4.78, 5) is 44.1. The number of carbonyl (C=O) groups excluding carboxylic acids is 3. The van der Waals surface area contributed by atoms with E-state index in [0.717, 1.165) is 14.8 Å². The van der Waals surface area contributed by atoms with Gasteiger partial charge in [0, 0.05) is 36.3 Å². The van der Waals surface area contributed by atoms with Crippen LogP contribution < -0.4 is 15.4 Å². The lowest BCUT2D eigenvalue weighted by Crippen LogP contribution is -2.43. The minimum Gasteiger partial charge on any atom is -0.465 e. The van der Waals surface area contributed by atoms with Gasteiger partial charge in [-0.25, -0.2) is 8.42 Å².